The van der Waals surface area contributed by atoms with Crippen molar-refractivity contribution in [3.8, 4) is 28.6 Å². The average molecular weight is 364 g/mol. The number of aromatic hydroxyl groups is 1. The molecule has 0 aliphatic carbocycles. The highest BCUT2D eigenvalue weighted by Gasteiger charge is 2.34. The molecule has 0 saturated carbocycles. The molecular weight excluding hydrogens is 344 g/mol. The number of hydrogen-bond donors (Lipinski definition) is 2. The van der Waals surface area contributed by atoms with Crippen LogP contribution in [-0.4, -0.2) is 48.5 Å². The van der Waals surface area contributed by atoms with E-state index in [1.54, 1.807) is 29.2 Å². The van der Waals surface area contributed by atoms with Gasteiger partial charge in [0.1, 0.15) is 11.9 Å². The molecule has 2 fully saturated rings. The zero-order chi connectivity index (χ0) is 18.2. The molecule has 2 bridgehead atoms. The normalized spacial score (nSPS) is 24.1. The van der Waals surface area contributed by atoms with E-state index in [2.05, 4.69) is 25.8 Å². The number of hydrogen-bond acceptors (Lipinski definition) is 7. The maximum absolute atomic E-state index is 10.4. The Hall–Kier alpha value is -3.00. The minimum Gasteiger partial charge on any atom is -0.507 e. The predicted molar refractivity (Wildman–Crippen MR) is 97.6 cm³/mol. The topological polar surface area (TPSA) is 98.0 Å². The van der Waals surface area contributed by atoms with Crippen molar-refractivity contribution < 1.29 is 9.84 Å². The molecule has 2 aliphatic heterocycles. The first-order valence-corrected chi connectivity index (χ1v) is 9.21. The zero-order valence-corrected chi connectivity index (χ0v) is 14.7. The van der Waals surface area contributed by atoms with Crippen molar-refractivity contribution in [1.82, 2.24) is 30.5 Å². The monoisotopic (exact) mass is 364 g/mol. The van der Waals surface area contributed by atoms with Gasteiger partial charge in [0, 0.05) is 29.8 Å². The molecule has 3 atom stereocenters. The van der Waals surface area contributed by atoms with Gasteiger partial charge in [-0.2, -0.15) is 0 Å². The van der Waals surface area contributed by atoms with Crippen LogP contribution in [0.1, 0.15) is 25.7 Å². The minimum absolute atomic E-state index is 0.112. The summed E-state index contributed by atoms with van der Waals surface area (Å²) in [5.41, 5.74) is 1.93. The average Bonchev–Trinajstić information content (AvgIpc) is 3.32. The van der Waals surface area contributed by atoms with E-state index in [1.807, 2.05) is 18.2 Å². The third-order valence-corrected chi connectivity index (χ3v) is 5.30. The number of phenolic OH excluding ortho intramolecular Hbond substituents is 1. The number of piperidine rings is 1. The summed E-state index contributed by atoms with van der Waals surface area (Å²) < 4.78 is 7.61. The second-order valence-electron chi connectivity index (χ2n) is 7.16. The van der Waals surface area contributed by atoms with Crippen molar-refractivity contribution in [2.24, 2.45) is 0 Å². The lowest BCUT2D eigenvalue weighted by Crippen LogP contribution is -2.42. The van der Waals surface area contributed by atoms with E-state index in [4.69, 9.17) is 4.74 Å². The van der Waals surface area contributed by atoms with Crippen molar-refractivity contribution >= 4 is 0 Å². The molecule has 2 aliphatic rings. The summed E-state index contributed by atoms with van der Waals surface area (Å²) in [5, 5.41) is 30.1. The van der Waals surface area contributed by atoms with E-state index >= 15 is 0 Å². The summed E-state index contributed by atoms with van der Waals surface area (Å²) >= 11 is 0. The lowest BCUT2D eigenvalue weighted by molar-refractivity contribution is 0.130. The molecule has 1 aromatic carbocycles. The smallest absolute Gasteiger partial charge is 0.233 e. The Kier molecular flexibility index (Phi) is 3.97. The lowest BCUT2D eigenvalue weighted by Gasteiger charge is -2.28. The number of fused-ring (bicyclic) bond motifs is 2. The molecule has 3 aromatic rings. The van der Waals surface area contributed by atoms with Crippen LogP contribution >= 0.6 is 0 Å². The number of benzene rings is 1. The summed E-state index contributed by atoms with van der Waals surface area (Å²) in [7, 11) is 0. The molecule has 0 radical (unpaired) electrons. The van der Waals surface area contributed by atoms with Crippen molar-refractivity contribution in [3.63, 3.8) is 0 Å². The molecule has 5 rings (SSSR count). The van der Waals surface area contributed by atoms with Gasteiger partial charge in [-0.3, -0.25) is 0 Å². The van der Waals surface area contributed by atoms with Crippen LogP contribution in [0.3, 0.4) is 0 Å². The van der Waals surface area contributed by atoms with Crippen molar-refractivity contribution in [2.45, 2.75) is 43.9 Å². The van der Waals surface area contributed by atoms with Crippen LogP contribution in [0.4, 0.5) is 0 Å². The van der Waals surface area contributed by atoms with Crippen LogP contribution in [0.25, 0.3) is 16.9 Å². The number of aromatic nitrogens is 5. The molecule has 0 spiro atoms. The summed E-state index contributed by atoms with van der Waals surface area (Å²) in [6, 6.07) is 10.0. The Morgan fingerprint density at radius 2 is 1.93 bits per heavy atom. The van der Waals surface area contributed by atoms with E-state index in [0.717, 1.165) is 18.5 Å². The van der Waals surface area contributed by atoms with Crippen LogP contribution in [0.15, 0.2) is 42.7 Å². The van der Waals surface area contributed by atoms with E-state index in [0.29, 0.717) is 29.2 Å². The van der Waals surface area contributed by atoms with E-state index in [-0.39, 0.29) is 11.9 Å². The number of nitrogens with zero attached hydrogens (tertiary/aromatic N) is 5. The fourth-order valence-electron chi connectivity index (χ4n) is 4.02. The fourth-order valence-corrected chi connectivity index (χ4v) is 4.02. The fraction of sp³-hybridized carbons (Fsp3) is 0.368. The molecule has 8 heteroatoms. The first kappa shape index (κ1) is 16.2. The highest BCUT2D eigenvalue weighted by atomic mass is 16.5. The summed E-state index contributed by atoms with van der Waals surface area (Å²) in [6.07, 6.45) is 8.00. The van der Waals surface area contributed by atoms with Gasteiger partial charge in [-0.15, -0.1) is 15.3 Å². The van der Waals surface area contributed by atoms with Gasteiger partial charge in [-0.05, 0) is 43.9 Å². The Morgan fingerprint density at radius 3 is 2.59 bits per heavy atom. The van der Waals surface area contributed by atoms with Gasteiger partial charge in [-0.1, -0.05) is 5.21 Å². The number of rotatable bonds is 4. The van der Waals surface area contributed by atoms with Crippen LogP contribution in [0.2, 0.25) is 0 Å². The van der Waals surface area contributed by atoms with Gasteiger partial charge in [0.15, 0.2) is 0 Å². The molecule has 138 valence electrons. The van der Waals surface area contributed by atoms with E-state index in [1.165, 1.54) is 12.8 Å². The maximum atomic E-state index is 10.4. The first-order valence-electron chi connectivity index (χ1n) is 9.21. The lowest BCUT2D eigenvalue weighted by atomic mass is 10.0. The number of nitrogens with one attached hydrogen (secondary N) is 1. The third kappa shape index (κ3) is 3.23. The molecule has 0 amide bonds. The predicted octanol–water partition coefficient (Wildman–Crippen LogP) is 2.09. The number of phenols is 1. The Bertz CT molecular complexity index is 916. The van der Waals surface area contributed by atoms with Crippen molar-refractivity contribution in [3.05, 3.63) is 42.7 Å². The Morgan fingerprint density at radius 1 is 1.07 bits per heavy atom. The quantitative estimate of drug-likeness (QED) is 0.731. The van der Waals surface area contributed by atoms with E-state index in [9.17, 15) is 5.11 Å². The highest BCUT2D eigenvalue weighted by Crippen LogP contribution is 2.31. The van der Waals surface area contributed by atoms with Crippen LogP contribution in [-0.2, 0) is 0 Å². The van der Waals surface area contributed by atoms with Gasteiger partial charge >= 0.3 is 0 Å². The summed E-state index contributed by atoms with van der Waals surface area (Å²) in [6.45, 7) is 0. The first-order chi connectivity index (χ1) is 13.2. The summed E-state index contributed by atoms with van der Waals surface area (Å²) in [4.78, 5) is 0. The summed E-state index contributed by atoms with van der Waals surface area (Å²) in [5.74, 6) is 0.643. The Labute approximate surface area is 156 Å². The van der Waals surface area contributed by atoms with Crippen LogP contribution < -0.4 is 10.1 Å². The van der Waals surface area contributed by atoms with Gasteiger partial charge in [-0.25, -0.2) is 4.68 Å². The maximum Gasteiger partial charge on any atom is 0.233 e. The molecule has 4 heterocycles. The minimum atomic E-state index is 0.112. The van der Waals surface area contributed by atoms with Crippen molar-refractivity contribution in [2.75, 3.05) is 0 Å². The molecule has 0 unspecified atom stereocenters. The highest BCUT2D eigenvalue weighted by molar-refractivity contribution is 5.68. The molecule has 2 saturated heterocycles. The molecule has 2 N–H and O–H groups in total. The van der Waals surface area contributed by atoms with Crippen LogP contribution in [0, 0.1) is 0 Å². The standard InChI is InChI=1S/C19H20N6O2/c26-18-11-14(25-8-7-20-24-25)3-4-16(18)17-5-6-19(23-22-17)27-15-9-12-1-2-13(10-15)21-12/h3-8,11-13,15,21,26H,1-2,9-10H2/t12-,13+,15-. The van der Waals surface area contributed by atoms with Gasteiger partial charge in [0.25, 0.3) is 0 Å². The molecule has 8 nitrogen and oxygen atoms in total. The van der Waals surface area contributed by atoms with Gasteiger partial charge in [0.05, 0.1) is 23.8 Å². The van der Waals surface area contributed by atoms with Crippen LogP contribution in [0.5, 0.6) is 11.6 Å². The molecule has 27 heavy (non-hydrogen) atoms. The largest absolute Gasteiger partial charge is 0.507 e. The van der Waals surface area contributed by atoms with Crippen molar-refractivity contribution in [1.29, 1.82) is 0 Å². The molecular formula is C19H20N6O2. The van der Waals surface area contributed by atoms with E-state index < -0.39 is 0 Å². The zero-order valence-electron chi connectivity index (χ0n) is 14.7. The third-order valence-electron chi connectivity index (χ3n) is 5.30. The molecule has 2 aromatic heterocycles. The second-order valence-corrected chi connectivity index (χ2v) is 7.16. The van der Waals surface area contributed by atoms with Gasteiger partial charge in [0.2, 0.25) is 5.88 Å². The number of ether oxygens (including phenoxy) is 1. The van der Waals surface area contributed by atoms with Gasteiger partial charge < -0.3 is 15.2 Å². The second kappa shape index (κ2) is 6.62. The SMILES string of the molecule is Oc1cc(-n2ccnn2)ccc1-c1ccc(O[C@@H]2C[C@H]3CC[C@@H](C2)N3)nn1. The Balaban J connectivity index is 1.31.